The van der Waals surface area contributed by atoms with E-state index in [-0.39, 0.29) is 17.9 Å². The Kier molecular flexibility index (Phi) is 3.67. The molecule has 1 amide bonds. The van der Waals surface area contributed by atoms with Crippen LogP contribution in [0.4, 0.5) is 0 Å². The van der Waals surface area contributed by atoms with Crippen LogP contribution in [0, 0.1) is 5.92 Å². The van der Waals surface area contributed by atoms with E-state index in [1.807, 2.05) is 35.2 Å². The molecule has 0 aromatic heterocycles. The zero-order chi connectivity index (χ0) is 16.0. The lowest BCUT2D eigenvalue weighted by Crippen LogP contribution is -2.54. The molecule has 5 nitrogen and oxygen atoms in total. The minimum absolute atomic E-state index is 0.0127. The predicted molar refractivity (Wildman–Crippen MR) is 87.1 cm³/mol. The molecule has 1 saturated carbocycles. The fourth-order valence-corrected chi connectivity index (χ4v) is 4.69. The van der Waals surface area contributed by atoms with E-state index < -0.39 is 5.72 Å². The summed E-state index contributed by atoms with van der Waals surface area (Å²) in [6, 6.07) is 10.5. The maximum absolute atomic E-state index is 12.9. The van der Waals surface area contributed by atoms with Crippen LogP contribution < -0.4 is 5.43 Å². The van der Waals surface area contributed by atoms with E-state index in [4.69, 9.17) is 0 Å². The number of carbonyl (C=O) groups is 1. The number of carbonyl (C=O) groups excluding carboxylic acids is 1. The van der Waals surface area contributed by atoms with E-state index in [9.17, 15) is 9.90 Å². The van der Waals surface area contributed by atoms with Crippen LogP contribution in [0.1, 0.15) is 43.7 Å². The second-order valence-corrected chi connectivity index (χ2v) is 7.20. The molecule has 23 heavy (non-hydrogen) atoms. The summed E-state index contributed by atoms with van der Waals surface area (Å²) in [6.45, 7) is 0.636. The van der Waals surface area contributed by atoms with Crippen LogP contribution in [0.2, 0.25) is 0 Å². The quantitative estimate of drug-likeness (QED) is 0.871. The third-order valence-corrected chi connectivity index (χ3v) is 5.82. The molecular formula is C18H25N3O2. The molecule has 1 aliphatic carbocycles. The molecule has 3 aliphatic rings. The van der Waals surface area contributed by atoms with Crippen molar-refractivity contribution in [1.82, 2.24) is 15.3 Å². The number of hydrogen-bond donors (Lipinski definition) is 2. The fourth-order valence-electron chi connectivity index (χ4n) is 4.69. The Morgan fingerprint density at radius 1 is 1.17 bits per heavy atom. The lowest BCUT2D eigenvalue weighted by atomic mass is 9.89. The van der Waals surface area contributed by atoms with Gasteiger partial charge in [0.15, 0.2) is 0 Å². The average molecular weight is 315 g/mol. The minimum atomic E-state index is -1.45. The molecule has 3 atom stereocenters. The first kappa shape index (κ1) is 15.1. The summed E-state index contributed by atoms with van der Waals surface area (Å²) < 4.78 is 0. The van der Waals surface area contributed by atoms with Crippen molar-refractivity contribution in [1.29, 1.82) is 0 Å². The van der Waals surface area contributed by atoms with Gasteiger partial charge in [-0.25, -0.2) is 10.4 Å². The van der Waals surface area contributed by atoms with Gasteiger partial charge in [0.1, 0.15) is 0 Å². The monoisotopic (exact) mass is 315 g/mol. The highest BCUT2D eigenvalue weighted by atomic mass is 16.3. The maximum Gasteiger partial charge on any atom is 0.271 e. The minimum Gasteiger partial charge on any atom is -0.366 e. The highest BCUT2D eigenvalue weighted by Crippen LogP contribution is 2.45. The number of rotatable bonds is 2. The van der Waals surface area contributed by atoms with Crippen LogP contribution >= 0.6 is 0 Å². The van der Waals surface area contributed by atoms with Crippen LogP contribution in [-0.4, -0.2) is 46.3 Å². The molecule has 5 heteroatoms. The Balaban J connectivity index is 1.63. The van der Waals surface area contributed by atoms with E-state index in [2.05, 4.69) is 17.6 Å². The van der Waals surface area contributed by atoms with Gasteiger partial charge in [-0.2, -0.15) is 0 Å². The van der Waals surface area contributed by atoms with Crippen LogP contribution in [0.25, 0.3) is 0 Å². The SMILES string of the molecule is CN1NC2(O)C(=O)N(C3CCCCC3)CC2C1c1ccccc1. The molecular weight excluding hydrogens is 290 g/mol. The van der Waals surface area contributed by atoms with E-state index in [1.165, 1.54) is 19.3 Å². The second kappa shape index (κ2) is 5.58. The molecule has 3 fully saturated rings. The first-order valence-corrected chi connectivity index (χ1v) is 8.70. The molecule has 0 radical (unpaired) electrons. The first-order chi connectivity index (χ1) is 11.1. The Morgan fingerprint density at radius 3 is 2.57 bits per heavy atom. The molecule has 2 N–H and O–H groups in total. The second-order valence-electron chi connectivity index (χ2n) is 7.20. The number of aliphatic hydroxyl groups is 1. The number of amides is 1. The first-order valence-electron chi connectivity index (χ1n) is 8.70. The van der Waals surface area contributed by atoms with Crippen molar-refractivity contribution in [3.63, 3.8) is 0 Å². The number of nitrogens with one attached hydrogen (secondary N) is 1. The molecule has 0 bridgehead atoms. The van der Waals surface area contributed by atoms with Crippen LogP contribution in [0.5, 0.6) is 0 Å². The van der Waals surface area contributed by atoms with Crippen molar-refractivity contribution in [3.05, 3.63) is 35.9 Å². The lowest BCUT2D eigenvalue weighted by Gasteiger charge is -2.33. The number of likely N-dealkylation sites (tertiary alicyclic amines) is 1. The fraction of sp³-hybridized carbons (Fsp3) is 0.611. The Labute approximate surface area is 137 Å². The summed E-state index contributed by atoms with van der Waals surface area (Å²) in [5.74, 6) is -0.274. The molecule has 4 rings (SSSR count). The van der Waals surface area contributed by atoms with Crippen molar-refractivity contribution >= 4 is 5.91 Å². The average Bonchev–Trinajstić information content (AvgIpc) is 2.97. The zero-order valence-corrected chi connectivity index (χ0v) is 13.6. The van der Waals surface area contributed by atoms with Gasteiger partial charge < -0.3 is 10.0 Å². The molecule has 124 valence electrons. The Hall–Kier alpha value is -1.43. The van der Waals surface area contributed by atoms with E-state index in [1.54, 1.807) is 0 Å². The van der Waals surface area contributed by atoms with E-state index >= 15 is 0 Å². The van der Waals surface area contributed by atoms with Gasteiger partial charge in [0.25, 0.3) is 5.91 Å². The molecule has 1 aromatic rings. The molecule has 0 spiro atoms. The van der Waals surface area contributed by atoms with Gasteiger partial charge in [-0.1, -0.05) is 49.6 Å². The lowest BCUT2D eigenvalue weighted by molar-refractivity contribution is -0.151. The van der Waals surface area contributed by atoms with Crippen molar-refractivity contribution in [2.75, 3.05) is 13.6 Å². The summed E-state index contributed by atoms with van der Waals surface area (Å²) in [6.07, 6.45) is 5.78. The summed E-state index contributed by atoms with van der Waals surface area (Å²) >= 11 is 0. The maximum atomic E-state index is 12.9. The van der Waals surface area contributed by atoms with Crippen molar-refractivity contribution < 1.29 is 9.90 Å². The number of fused-ring (bicyclic) bond motifs is 1. The topological polar surface area (TPSA) is 55.8 Å². The number of hydrazine groups is 1. The van der Waals surface area contributed by atoms with Gasteiger partial charge in [-0.3, -0.25) is 4.79 Å². The molecule has 3 unspecified atom stereocenters. The summed E-state index contributed by atoms with van der Waals surface area (Å²) in [4.78, 5) is 14.9. The molecule has 2 heterocycles. The largest absolute Gasteiger partial charge is 0.366 e. The highest BCUT2D eigenvalue weighted by Gasteiger charge is 2.62. The smallest absolute Gasteiger partial charge is 0.271 e. The van der Waals surface area contributed by atoms with Gasteiger partial charge in [-0.05, 0) is 18.4 Å². The van der Waals surface area contributed by atoms with Crippen LogP contribution in [-0.2, 0) is 4.79 Å². The van der Waals surface area contributed by atoms with Gasteiger partial charge >= 0.3 is 0 Å². The van der Waals surface area contributed by atoms with Crippen LogP contribution in [0.3, 0.4) is 0 Å². The molecule has 2 saturated heterocycles. The summed E-state index contributed by atoms with van der Waals surface area (Å²) in [5, 5.41) is 13.0. The molecule has 1 aromatic carbocycles. The number of hydrogen-bond acceptors (Lipinski definition) is 4. The van der Waals surface area contributed by atoms with Gasteiger partial charge in [-0.15, -0.1) is 0 Å². The van der Waals surface area contributed by atoms with Gasteiger partial charge in [0.05, 0.1) is 12.0 Å². The summed E-state index contributed by atoms with van der Waals surface area (Å²) in [5.41, 5.74) is 2.75. The highest BCUT2D eigenvalue weighted by molar-refractivity contribution is 5.88. The van der Waals surface area contributed by atoms with Crippen molar-refractivity contribution in [2.45, 2.75) is 49.9 Å². The van der Waals surface area contributed by atoms with Gasteiger partial charge in [0, 0.05) is 19.6 Å². The normalized spacial score (nSPS) is 35.7. The molecule has 2 aliphatic heterocycles. The van der Waals surface area contributed by atoms with E-state index in [0.29, 0.717) is 12.6 Å². The number of nitrogens with zero attached hydrogens (tertiary/aromatic N) is 2. The third kappa shape index (κ3) is 2.30. The van der Waals surface area contributed by atoms with E-state index in [0.717, 1.165) is 18.4 Å². The zero-order valence-electron chi connectivity index (χ0n) is 13.6. The standard InChI is InChI=1S/C18H25N3O2/c1-20-16(13-8-4-2-5-9-13)15-12-21(14-10-6-3-7-11-14)17(22)18(15,23)19-20/h2,4-5,8-9,14-16,19,23H,3,6-7,10-12H2,1H3. The van der Waals surface area contributed by atoms with Gasteiger partial charge in [0.2, 0.25) is 5.72 Å². The Bertz CT molecular complexity index is 587. The third-order valence-electron chi connectivity index (χ3n) is 5.82. The predicted octanol–water partition coefficient (Wildman–Crippen LogP) is 1.66. The van der Waals surface area contributed by atoms with Crippen LogP contribution in [0.15, 0.2) is 30.3 Å². The number of benzene rings is 1. The summed E-state index contributed by atoms with van der Waals surface area (Å²) in [7, 11) is 1.91. The van der Waals surface area contributed by atoms with Crippen molar-refractivity contribution in [2.24, 2.45) is 5.92 Å². The Morgan fingerprint density at radius 2 is 1.87 bits per heavy atom. The van der Waals surface area contributed by atoms with Crippen molar-refractivity contribution in [3.8, 4) is 0 Å².